The Balaban J connectivity index is 2.04. The first-order chi connectivity index (χ1) is 9.33. The molecule has 0 atom stereocenters. The average Bonchev–Trinajstić information content (AvgIpc) is 2.78. The number of nitrogens with zero attached hydrogens (tertiary/aromatic N) is 2. The summed E-state index contributed by atoms with van der Waals surface area (Å²) in [5.74, 6) is 0. The van der Waals surface area contributed by atoms with Gasteiger partial charge in [0.2, 0.25) is 0 Å². The minimum absolute atomic E-state index is 0.134. The van der Waals surface area contributed by atoms with Crippen molar-refractivity contribution in [1.29, 1.82) is 0 Å². The van der Waals surface area contributed by atoms with E-state index in [0.717, 1.165) is 13.1 Å². The Kier molecular flexibility index (Phi) is 4.29. The fraction of sp³-hybridized carbons (Fsp3) is 0.471. The number of nitrogens with one attached hydrogen (secondary N) is 1. The minimum Gasteiger partial charge on any atom is -0.308 e. The van der Waals surface area contributed by atoms with Crippen LogP contribution in [0.1, 0.15) is 43.0 Å². The van der Waals surface area contributed by atoms with Gasteiger partial charge in [-0.2, -0.15) is 5.10 Å². The first kappa shape index (κ1) is 14.8. The van der Waals surface area contributed by atoms with Gasteiger partial charge in [-0.3, -0.25) is 4.68 Å². The topological polar surface area (TPSA) is 29.9 Å². The Morgan fingerprint density at radius 2 is 1.95 bits per heavy atom. The second kappa shape index (κ2) is 5.80. The highest BCUT2D eigenvalue weighted by molar-refractivity contribution is 5.30. The van der Waals surface area contributed by atoms with Crippen LogP contribution in [0.3, 0.4) is 0 Å². The van der Waals surface area contributed by atoms with E-state index in [1.54, 1.807) is 0 Å². The molecule has 0 saturated heterocycles. The van der Waals surface area contributed by atoms with Crippen LogP contribution in [0.4, 0.5) is 0 Å². The summed E-state index contributed by atoms with van der Waals surface area (Å²) in [6, 6.07) is 6.57. The number of benzene rings is 1. The molecule has 0 saturated carbocycles. The van der Waals surface area contributed by atoms with Crippen LogP contribution in [-0.2, 0) is 13.1 Å². The first-order valence-corrected chi connectivity index (χ1v) is 7.16. The summed E-state index contributed by atoms with van der Waals surface area (Å²) in [4.78, 5) is 0. The quantitative estimate of drug-likeness (QED) is 0.923. The fourth-order valence-corrected chi connectivity index (χ4v) is 2.10. The molecule has 1 heterocycles. The van der Waals surface area contributed by atoms with E-state index in [4.69, 9.17) is 0 Å². The van der Waals surface area contributed by atoms with Crippen LogP contribution in [0, 0.1) is 13.8 Å². The number of hydrogen-bond donors (Lipinski definition) is 1. The first-order valence-electron chi connectivity index (χ1n) is 7.16. The Bertz CT molecular complexity index is 576. The number of aromatic nitrogens is 2. The maximum absolute atomic E-state index is 4.46. The molecule has 20 heavy (non-hydrogen) atoms. The molecule has 0 radical (unpaired) electrons. The summed E-state index contributed by atoms with van der Waals surface area (Å²) < 4.78 is 2.02. The SMILES string of the molecule is Cc1ccc(C)c(Cn2cc(CNC(C)(C)C)cn2)c1. The highest BCUT2D eigenvalue weighted by Gasteiger charge is 2.09. The zero-order chi connectivity index (χ0) is 14.8. The van der Waals surface area contributed by atoms with Crippen LogP contribution in [-0.4, -0.2) is 15.3 Å². The minimum atomic E-state index is 0.134. The summed E-state index contributed by atoms with van der Waals surface area (Å²) in [5.41, 5.74) is 5.32. The standard InChI is InChI=1S/C17H25N3/c1-13-6-7-14(2)16(8-13)12-20-11-15(10-19-20)9-18-17(3,4)5/h6-8,10-11,18H,9,12H2,1-5H3. The molecule has 3 nitrogen and oxygen atoms in total. The van der Waals surface area contributed by atoms with Crippen molar-refractivity contribution < 1.29 is 0 Å². The second-order valence-electron chi connectivity index (χ2n) is 6.58. The third-order valence-corrected chi connectivity index (χ3v) is 3.35. The lowest BCUT2D eigenvalue weighted by molar-refractivity contribution is 0.424. The number of rotatable bonds is 4. The Morgan fingerprint density at radius 1 is 1.20 bits per heavy atom. The van der Waals surface area contributed by atoms with Crippen LogP contribution in [0.15, 0.2) is 30.6 Å². The number of hydrogen-bond acceptors (Lipinski definition) is 2. The summed E-state index contributed by atoms with van der Waals surface area (Å²) in [6.07, 6.45) is 4.07. The fourth-order valence-electron chi connectivity index (χ4n) is 2.10. The Labute approximate surface area is 122 Å². The summed E-state index contributed by atoms with van der Waals surface area (Å²) in [7, 11) is 0. The normalized spacial score (nSPS) is 11.8. The van der Waals surface area contributed by atoms with Crippen molar-refractivity contribution in [2.75, 3.05) is 0 Å². The molecule has 108 valence electrons. The van der Waals surface area contributed by atoms with Gasteiger partial charge in [-0.05, 0) is 45.7 Å². The van der Waals surface area contributed by atoms with Crippen molar-refractivity contribution in [2.24, 2.45) is 0 Å². The lowest BCUT2D eigenvalue weighted by Gasteiger charge is -2.19. The van der Waals surface area contributed by atoms with Gasteiger partial charge in [0.05, 0.1) is 12.7 Å². The smallest absolute Gasteiger partial charge is 0.0662 e. The van der Waals surface area contributed by atoms with Gasteiger partial charge >= 0.3 is 0 Å². The van der Waals surface area contributed by atoms with E-state index < -0.39 is 0 Å². The number of aryl methyl sites for hydroxylation is 2. The third kappa shape index (κ3) is 4.20. The van der Waals surface area contributed by atoms with E-state index in [1.807, 2.05) is 10.9 Å². The highest BCUT2D eigenvalue weighted by Crippen LogP contribution is 2.12. The molecule has 0 fully saturated rings. The van der Waals surface area contributed by atoms with Gasteiger partial charge in [0.25, 0.3) is 0 Å². The van der Waals surface area contributed by atoms with Crippen LogP contribution < -0.4 is 5.32 Å². The molecule has 1 aromatic carbocycles. The molecule has 0 aliphatic rings. The van der Waals surface area contributed by atoms with Gasteiger partial charge < -0.3 is 5.32 Å². The molecule has 1 aromatic heterocycles. The lowest BCUT2D eigenvalue weighted by Crippen LogP contribution is -2.34. The molecule has 2 aromatic rings. The molecule has 1 N–H and O–H groups in total. The van der Waals surface area contributed by atoms with E-state index >= 15 is 0 Å². The van der Waals surface area contributed by atoms with E-state index in [-0.39, 0.29) is 5.54 Å². The van der Waals surface area contributed by atoms with Crippen molar-refractivity contribution >= 4 is 0 Å². The zero-order valence-corrected chi connectivity index (χ0v) is 13.2. The van der Waals surface area contributed by atoms with Gasteiger partial charge in [-0.1, -0.05) is 23.8 Å². The van der Waals surface area contributed by atoms with Crippen LogP contribution >= 0.6 is 0 Å². The maximum atomic E-state index is 4.46. The van der Waals surface area contributed by atoms with Crippen molar-refractivity contribution in [3.05, 3.63) is 52.8 Å². The van der Waals surface area contributed by atoms with Crippen LogP contribution in [0.5, 0.6) is 0 Å². The summed E-state index contributed by atoms with van der Waals surface area (Å²) in [5, 5.41) is 7.94. The van der Waals surface area contributed by atoms with Gasteiger partial charge in [-0.25, -0.2) is 0 Å². The second-order valence-corrected chi connectivity index (χ2v) is 6.58. The molecule has 0 bridgehead atoms. The molecular weight excluding hydrogens is 246 g/mol. The molecular formula is C17H25N3. The Hall–Kier alpha value is -1.61. The van der Waals surface area contributed by atoms with E-state index in [9.17, 15) is 0 Å². The average molecular weight is 271 g/mol. The molecule has 2 rings (SSSR count). The van der Waals surface area contributed by atoms with Crippen LogP contribution in [0.25, 0.3) is 0 Å². The lowest BCUT2D eigenvalue weighted by atomic mass is 10.1. The molecule has 0 unspecified atom stereocenters. The third-order valence-electron chi connectivity index (χ3n) is 3.35. The van der Waals surface area contributed by atoms with Crippen molar-refractivity contribution in [3.63, 3.8) is 0 Å². The Morgan fingerprint density at radius 3 is 2.65 bits per heavy atom. The van der Waals surface area contributed by atoms with E-state index in [2.05, 4.69) is 69.4 Å². The molecule has 0 aliphatic heterocycles. The zero-order valence-electron chi connectivity index (χ0n) is 13.2. The maximum Gasteiger partial charge on any atom is 0.0662 e. The van der Waals surface area contributed by atoms with Crippen molar-refractivity contribution in [2.45, 2.75) is 53.2 Å². The highest BCUT2D eigenvalue weighted by atomic mass is 15.3. The van der Waals surface area contributed by atoms with Crippen molar-refractivity contribution in [3.8, 4) is 0 Å². The molecule has 0 amide bonds. The van der Waals surface area contributed by atoms with Crippen molar-refractivity contribution in [1.82, 2.24) is 15.1 Å². The summed E-state index contributed by atoms with van der Waals surface area (Å²) >= 11 is 0. The van der Waals surface area contributed by atoms with Gasteiger partial charge in [0.15, 0.2) is 0 Å². The molecule has 0 aliphatic carbocycles. The predicted octanol–water partition coefficient (Wildman–Crippen LogP) is 3.44. The van der Waals surface area contributed by atoms with Gasteiger partial charge in [0, 0.05) is 23.8 Å². The van der Waals surface area contributed by atoms with Crippen LogP contribution in [0.2, 0.25) is 0 Å². The summed E-state index contributed by atoms with van der Waals surface area (Å²) in [6.45, 7) is 12.5. The molecule has 0 spiro atoms. The van der Waals surface area contributed by atoms with E-state index in [0.29, 0.717) is 0 Å². The van der Waals surface area contributed by atoms with E-state index in [1.165, 1.54) is 22.3 Å². The monoisotopic (exact) mass is 271 g/mol. The van der Waals surface area contributed by atoms with Gasteiger partial charge in [0.1, 0.15) is 0 Å². The van der Waals surface area contributed by atoms with Gasteiger partial charge in [-0.15, -0.1) is 0 Å². The largest absolute Gasteiger partial charge is 0.308 e. The molecule has 3 heteroatoms. The predicted molar refractivity (Wildman–Crippen MR) is 83.8 cm³/mol.